The number of guanidine groups is 1. The fraction of sp³-hybridized carbons (Fsp3) is 0.500. The van der Waals surface area contributed by atoms with Gasteiger partial charge in [-0.1, -0.05) is 18.2 Å². The molecule has 7 heteroatoms. The van der Waals surface area contributed by atoms with Crippen LogP contribution in [0.5, 0.6) is 0 Å². The first-order chi connectivity index (χ1) is 10.1. The summed E-state index contributed by atoms with van der Waals surface area (Å²) in [4.78, 5) is 6.41. The molecule has 0 amide bonds. The molecule has 0 radical (unpaired) electrons. The van der Waals surface area contributed by atoms with Gasteiger partial charge in [-0.3, -0.25) is 4.99 Å². The van der Waals surface area contributed by atoms with Crippen molar-refractivity contribution in [3.8, 4) is 0 Å². The van der Waals surface area contributed by atoms with Crippen LogP contribution in [0.4, 0.5) is 5.69 Å². The molecule has 1 aromatic rings. The van der Waals surface area contributed by atoms with Gasteiger partial charge in [0.2, 0.25) is 10.0 Å². The van der Waals surface area contributed by atoms with Gasteiger partial charge in [-0.15, -0.1) is 0 Å². The molecule has 2 N–H and O–H groups in total. The highest BCUT2D eigenvalue weighted by atomic mass is 32.2. The number of fused-ring (bicyclic) bond motifs is 1. The number of para-hydroxylation sites is 1. The summed E-state index contributed by atoms with van der Waals surface area (Å²) in [5.74, 6) is 0.872. The van der Waals surface area contributed by atoms with Crippen LogP contribution in [0.25, 0.3) is 0 Å². The Labute approximate surface area is 126 Å². The quantitative estimate of drug-likeness (QED) is 0.473. The van der Waals surface area contributed by atoms with Gasteiger partial charge in [0.1, 0.15) is 0 Å². The van der Waals surface area contributed by atoms with Crippen LogP contribution in [0.1, 0.15) is 12.5 Å². The van der Waals surface area contributed by atoms with Gasteiger partial charge in [-0.2, -0.15) is 0 Å². The largest absolute Gasteiger partial charge is 0.355 e. The maximum absolute atomic E-state index is 11.4. The van der Waals surface area contributed by atoms with Crippen LogP contribution in [-0.4, -0.2) is 46.8 Å². The number of benzene rings is 1. The molecule has 0 fully saturated rings. The second kappa shape index (κ2) is 6.91. The second-order valence-electron chi connectivity index (χ2n) is 4.80. The lowest BCUT2D eigenvalue weighted by molar-refractivity contribution is 0.582. The van der Waals surface area contributed by atoms with Crippen molar-refractivity contribution in [2.24, 2.45) is 4.99 Å². The van der Waals surface area contributed by atoms with E-state index in [1.165, 1.54) is 11.3 Å². The number of aliphatic imine (C=N–C) groups is 1. The summed E-state index contributed by atoms with van der Waals surface area (Å²) in [6, 6.07) is 8.25. The molecule has 6 nitrogen and oxygen atoms in total. The molecule has 1 aromatic carbocycles. The maximum atomic E-state index is 11.4. The van der Waals surface area contributed by atoms with Crippen LogP contribution in [0.2, 0.25) is 0 Å². The van der Waals surface area contributed by atoms with Crippen LogP contribution in [0.3, 0.4) is 0 Å². The molecule has 116 valence electrons. The highest BCUT2D eigenvalue weighted by Crippen LogP contribution is 2.27. The Bertz CT molecular complexity index is 613. The van der Waals surface area contributed by atoms with Crippen molar-refractivity contribution in [1.82, 2.24) is 10.0 Å². The molecule has 0 aromatic heterocycles. The average Bonchev–Trinajstić information content (AvgIpc) is 2.91. The number of hydrogen-bond donors (Lipinski definition) is 2. The van der Waals surface area contributed by atoms with Crippen LogP contribution >= 0.6 is 0 Å². The summed E-state index contributed by atoms with van der Waals surface area (Å²) in [5, 5.41) is 3.20. The third kappa shape index (κ3) is 3.95. The van der Waals surface area contributed by atoms with Crippen molar-refractivity contribution in [3.63, 3.8) is 0 Å². The minimum atomic E-state index is -3.14. The SMILES string of the molecule is CCS(=O)(=O)NCCNC(=NC)N1CCc2ccccc21. The van der Waals surface area contributed by atoms with E-state index in [9.17, 15) is 8.42 Å². The number of rotatable bonds is 5. The van der Waals surface area contributed by atoms with Gasteiger partial charge in [0, 0.05) is 32.4 Å². The summed E-state index contributed by atoms with van der Waals surface area (Å²) in [7, 11) is -1.40. The summed E-state index contributed by atoms with van der Waals surface area (Å²) < 4.78 is 25.2. The van der Waals surface area contributed by atoms with E-state index in [4.69, 9.17) is 0 Å². The van der Waals surface area contributed by atoms with Gasteiger partial charge in [-0.25, -0.2) is 13.1 Å². The molecule has 0 atom stereocenters. The normalized spacial score (nSPS) is 15.1. The molecule has 0 saturated carbocycles. The third-order valence-corrected chi connectivity index (χ3v) is 4.87. The summed E-state index contributed by atoms with van der Waals surface area (Å²) in [5.41, 5.74) is 2.48. The van der Waals surface area contributed by atoms with Crippen LogP contribution < -0.4 is 14.9 Å². The fourth-order valence-electron chi connectivity index (χ4n) is 2.34. The maximum Gasteiger partial charge on any atom is 0.211 e. The van der Waals surface area contributed by atoms with Gasteiger partial charge >= 0.3 is 0 Å². The summed E-state index contributed by atoms with van der Waals surface area (Å²) in [6.07, 6.45) is 0.999. The topological polar surface area (TPSA) is 73.8 Å². The minimum absolute atomic E-state index is 0.0984. The highest BCUT2D eigenvalue weighted by Gasteiger charge is 2.22. The van der Waals surface area contributed by atoms with Crippen molar-refractivity contribution in [3.05, 3.63) is 29.8 Å². The smallest absolute Gasteiger partial charge is 0.211 e. The molecule has 1 aliphatic heterocycles. The molecule has 1 aliphatic rings. The molecule has 0 saturated heterocycles. The Morgan fingerprint density at radius 3 is 2.81 bits per heavy atom. The zero-order chi connectivity index (χ0) is 15.3. The van der Waals surface area contributed by atoms with E-state index in [-0.39, 0.29) is 5.75 Å². The first-order valence-corrected chi connectivity index (χ1v) is 8.76. The van der Waals surface area contributed by atoms with Crippen molar-refractivity contribution in [1.29, 1.82) is 0 Å². The first kappa shape index (κ1) is 15.8. The molecule has 0 unspecified atom stereocenters. The van der Waals surface area contributed by atoms with Gasteiger partial charge in [0.05, 0.1) is 5.75 Å². The Hall–Kier alpha value is -1.60. The third-order valence-electron chi connectivity index (χ3n) is 3.46. The molecule has 2 rings (SSSR count). The zero-order valence-corrected chi connectivity index (χ0v) is 13.3. The van der Waals surface area contributed by atoms with E-state index in [2.05, 4.69) is 32.1 Å². The Morgan fingerprint density at radius 2 is 2.10 bits per heavy atom. The van der Waals surface area contributed by atoms with Gasteiger partial charge < -0.3 is 10.2 Å². The molecular weight excluding hydrogens is 288 g/mol. The van der Waals surface area contributed by atoms with Gasteiger partial charge in [0.25, 0.3) is 0 Å². The van der Waals surface area contributed by atoms with Crippen LogP contribution in [0, 0.1) is 0 Å². The van der Waals surface area contributed by atoms with Gasteiger partial charge in [0.15, 0.2) is 5.96 Å². The predicted molar refractivity (Wildman–Crippen MR) is 86.3 cm³/mol. The van der Waals surface area contributed by atoms with E-state index in [0.717, 1.165) is 18.9 Å². The van der Waals surface area contributed by atoms with Crippen molar-refractivity contribution in [2.75, 3.05) is 37.3 Å². The van der Waals surface area contributed by atoms with Gasteiger partial charge in [-0.05, 0) is 25.0 Å². The van der Waals surface area contributed by atoms with Crippen LogP contribution in [-0.2, 0) is 16.4 Å². The average molecular weight is 310 g/mol. The molecular formula is C14H22N4O2S. The van der Waals surface area contributed by atoms with E-state index in [1.807, 2.05) is 12.1 Å². The van der Waals surface area contributed by atoms with E-state index >= 15 is 0 Å². The van der Waals surface area contributed by atoms with Crippen molar-refractivity contribution >= 4 is 21.7 Å². The molecule has 0 aliphatic carbocycles. The van der Waals surface area contributed by atoms with E-state index < -0.39 is 10.0 Å². The number of anilines is 1. The Balaban J connectivity index is 1.91. The number of sulfonamides is 1. The second-order valence-corrected chi connectivity index (χ2v) is 6.90. The fourth-order valence-corrected chi connectivity index (χ4v) is 2.95. The van der Waals surface area contributed by atoms with Crippen LogP contribution in [0.15, 0.2) is 29.3 Å². The number of hydrogen-bond acceptors (Lipinski definition) is 3. The van der Waals surface area contributed by atoms with Crippen molar-refractivity contribution < 1.29 is 8.42 Å². The Morgan fingerprint density at radius 1 is 1.33 bits per heavy atom. The van der Waals surface area contributed by atoms with Crippen molar-refractivity contribution in [2.45, 2.75) is 13.3 Å². The van der Waals surface area contributed by atoms with E-state index in [1.54, 1.807) is 14.0 Å². The lowest BCUT2D eigenvalue weighted by Crippen LogP contribution is -2.43. The molecule has 0 bridgehead atoms. The number of nitrogens with one attached hydrogen (secondary N) is 2. The molecule has 1 heterocycles. The number of nitrogens with zero attached hydrogens (tertiary/aromatic N) is 2. The van der Waals surface area contributed by atoms with E-state index in [0.29, 0.717) is 13.1 Å². The lowest BCUT2D eigenvalue weighted by atomic mass is 10.2. The zero-order valence-electron chi connectivity index (χ0n) is 12.5. The first-order valence-electron chi connectivity index (χ1n) is 7.11. The monoisotopic (exact) mass is 310 g/mol. The summed E-state index contributed by atoms with van der Waals surface area (Å²) in [6.45, 7) is 3.37. The Kier molecular flexibility index (Phi) is 5.19. The standard InChI is InChI=1S/C14H22N4O2S/c1-3-21(19,20)17-10-9-16-14(15-2)18-11-8-12-6-4-5-7-13(12)18/h4-7,17H,3,8-11H2,1-2H3,(H,15,16). The lowest BCUT2D eigenvalue weighted by Gasteiger charge is -2.22. The summed E-state index contributed by atoms with van der Waals surface area (Å²) >= 11 is 0. The predicted octanol–water partition coefficient (Wildman–Crippen LogP) is 0.564. The molecule has 21 heavy (non-hydrogen) atoms. The minimum Gasteiger partial charge on any atom is -0.355 e. The molecule has 0 spiro atoms. The highest BCUT2D eigenvalue weighted by molar-refractivity contribution is 7.89.